The predicted molar refractivity (Wildman–Crippen MR) is 118 cm³/mol. The lowest BCUT2D eigenvalue weighted by Gasteiger charge is -2.27. The van der Waals surface area contributed by atoms with Crippen LogP contribution >= 0.6 is 11.8 Å². The van der Waals surface area contributed by atoms with Crippen molar-refractivity contribution in [1.82, 2.24) is 9.56 Å². The summed E-state index contributed by atoms with van der Waals surface area (Å²) in [6, 6.07) is 24.9. The van der Waals surface area contributed by atoms with E-state index in [1.807, 2.05) is 72.8 Å². The summed E-state index contributed by atoms with van der Waals surface area (Å²) in [7, 11) is -3.76. The van der Waals surface area contributed by atoms with Crippen molar-refractivity contribution in [3.8, 4) is 0 Å². The van der Waals surface area contributed by atoms with E-state index in [0.29, 0.717) is 5.92 Å². The number of sulfonamides is 1. The molecule has 0 aliphatic rings. The van der Waals surface area contributed by atoms with E-state index in [2.05, 4.69) is 23.4 Å². The van der Waals surface area contributed by atoms with Crippen LogP contribution in [-0.4, -0.2) is 8.42 Å². The topological polar surface area (TPSA) is 58.2 Å². The SMILES string of the molecule is CC(C)c1ccc(S(=O)(=O)N[C@H](c2ccccc2)[C@H](NCl)c2ccccc2)cc1. The van der Waals surface area contributed by atoms with Crippen molar-refractivity contribution in [2.24, 2.45) is 0 Å². The lowest BCUT2D eigenvalue weighted by molar-refractivity contribution is 0.482. The van der Waals surface area contributed by atoms with Gasteiger partial charge in [0.15, 0.2) is 0 Å². The van der Waals surface area contributed by atoms with E-state index >= 15 is 0 Å². The standard InChI is InChI=1S/C23H25ClN2O2S/c1-17(2)18-13-15-21(16-14-18)29(27,28)26-23(20-11-7-4-8-12-20)22(25-24)19-9-5-3-6-10-19/h3-17,22-23,25-26H,1-2H3/t22-,23-/m1/s1. The van der Waals surface area contributed by atoms with Crippen LogP contribution in [0.25, 0.3) is 0 Å². The van der Waals surface area contributed by atoms with Gasteiger partial charge in [-0.3, -0.25) is 0 Å². The number of rotatable bonds is 8. The van der Waals surface area contributed by atoms with Gasteiger partial charge in [-0.1, -0.05) is 86.6 Å². The largest absolute Gasteiger partial charge is 0.241 e. The Kier molecular flexibility index (Phi) is 7.09. The summed E-state index contributed by atoms with van der Waals surface area (Å²) in [6.45, 7) is 4.15. The molecule has 0 saturated heterocycles. The van der Waals surface area contributed by atoms with E-state index < -0.39 is 22.1 Å². The quantitative estimate of drug-likeness (QED) is 0.478. The lowest BCUT2D eigenvalue weighted by atomic mass is 9.95. The van der Waals surface area contributed by atoms with Gasteiger partial charge in [0, 0.05) is 0 Å². The molecule has 0 fully saturated rings. The van der Waals surface area contributed by atoms with Crippen LogP contribution in [0.15, 0.2) is 89.8 Å². The van der Waals surface area contributed by atoms with E-state index in [1.54, 1.807) is 12.1 Å². The molecule has 0 radical (unpaired) electrons. The van der Waals surface area contributed by atoms with E-state index in [9.17, 15) is 8.42 Å². The first kappa shape index (κ1) is 21.5. The highest BCUT2D eigenvalue weighted by molar-refractivity contribution is 7.89. The zero-order valence-corrected chi connectivity index (χ0v) is 18.0. The first-order valence-corrected chi connectivity index (χ1v) is 11.4. The Hall–Kier alpha value is -2.18. The summed E-state index contributed by atoms with van der Waals surface area (Å²) in [4.78, 5) is 2.99. The minimum atomic E-state index is -3.76. The van der Waals surface area contributed by atoms with Crippen LogP contribution in [0, 0.1) is 0 Å². The molecule has 2 atom stereocenters. The molecule has 0 aromatic heterocycles. The molecule has 3 aromatic rings. The van der Waals surface area contributed by atoms with Crippen LogP contribution in [0.3, 0.4) is 0 Å². The maximum atomic E-state index is 13.2. The Morgan fingerprint density at radius 2 is 1.17 bits per heavy atom. The number of hydrogen-bond acceptors (Lipinski definition) is 3. The van der Waals surface area contributed by atoms with Gasteiger partial charge in [0.1, 0.15) is 0 Å². The average molecular weight is 429 g/mol. The molecule has 0 saturated carbocycles. The van der Waals surface area contributed by atoms with Crippen molar-refractivity contribution in [2.75, 3.05) is 0 Å². The Morgan fingerprint density at radius 1 is 0.690 bits per heavy atom. The Morgan fingerprint density at radius 3 is 1.62 bits per heavy atom. The Bertz CT molecular complexity index is 1010. The van der Waals surface area contributed by atoms with Gasteiger partial charge >= 0.3 is 0 Å². The zero-order chi connectivity index (χ0) is 20.9. The highest BCUT2D eigenvalue weighted by atomic mass is 35.5. The summed E-state index contributed by atoms with van der Waals surface area (Å²) < 4.78 is 29.2. The van der Waals surface area contributed by atoms with E-state index in [1.165, 1.54) is 0 Å². The molecule has 3 aromatic carbocycles. The van der Waals surface area contributed by atoms with Crippen LogP contribution in [0.1, 0.15) is 48.5 Å². The zero-order valence-electron chi connectivity index (χ0n) is 16.4. The second-order valence-electron chi connectivity index (χ2n) is 7.23. The molecule has 0 aliphatic carbocycles. The Balaban J connectivity index is 1.98. The maximum Gasteiger partial charge on any atom is 0.241 e. The van der Waals surface area contributed by atoms with E-state index in [4.69, 9.17) is 11.8 Å². The van der Waals surface area contributed by atoms with Crippen molar-refractivity contribution >= 4 is 21.8 Å². The Labute approximate surface area is 178 Å². The van der Waals surface area contributed by atoms with Gasteiger partial charge in [-0.05, 0) is 46.5 Å². The molecular formula is C23H25ClN2O2S. The number of hydrogen-bond donors (Lipinski definition) is 2. The van der Waals surface area contributed by atoms with Gasteiger partial charge in [0.05, 0.1) is 17.0 Å². The highest BCUT2D eigenvalue weighted by Crippen LogP contribution is 2.31. The smallest absolute Gasteiger partial charge is 0.224 e. The van der Waals surface area contributed by atoms with Crippen LogP contribution in [0.2, 0.25) is 0 Å². The molecule has 29 heavy (non-hydrogen) atoms. The molecule has 0 bridgehead atoms. The second-order valence-corrected chi connectivity index (χ2v) is 9.16. The average Bonchev–Trinajstić information content (AvgIpc) is 2.75. The van der Waals surface area contributed by atoms with Gasteiger partial charge in [-0.15, -0.1) is 0 Å². The molecule has 4 nitrogen and oxygen atoms in total. The molecule has 0 spiro atoms. The van der Waals surface area contributed by atoms with Gasteiger partial charge in [-0.2, -0.15) is 0 Å². The maximum absolute atomic E-state index is 13.2. The van der Waals surface area contributed by atoms with Crippen molar-refractivity contribution in [1.29, 1.82) is 0 Å². The first-order chi connectivity index (χ1) is 13.9. The normalized spacial score (nSPS) is 13.9. The number of benzene rings is 3. The fraction of sp³-hybridized carbons (Fsp3) is 0.217. The van der Waals surface area contributed by atoms with Crippen molar-refractivity contribution < 1.29 is 8.42 Å². The molecule has 152 valence electrons. The molecular weight excluding hydrogens is 404 g/mol. The van der Waals surface area contributed by atoms with Crippen LogP contribution in [0.5, 0.6) is 0 Å². The van der Waals surface area contributed by atoms with Gasteiger partial charge in [0.25, 0.3) is 0 Å². The summed E-state index contributed by atoms with van der Waals surface area (Å²) in [6.07, 6.45) is 0. The third-order valence-corrected chi connectivity index (χ3v) is 6.60. The van der Waals surface area contributed by atoms with Gasteiger partial charge in [-0.25, -0.2) is 18.0 Å². The summed E-state index contributed by atoms with van der Waals surface area (Å²) in [5.74, 6) is 0.333. The first-order valence-electron chi connectivity index (χ1n) is 9.50. The fourth-order valence-electron chi connectivity index (χ4n) is 3.23. The lowest BCUT2D eigenvalue weighted by Crippen LogP contribution is -2.36. The summed E-state index contributed by atoms with van der Waals surface area (Å²) >= 11 is 6.09. The minimum Gasteiger partial charge on any atom is -0.224 e. The van der Waals surface area contributed by atoms with Gasteiger partial charge < -0.3 is 0 Å². The molecule has 6 heteroatoms. The van der Waals surface area contributed by atoms with Crippen molar-refractivity contribution in [3.05, 3.63) is 102 Å². The monoisotopic (exact) mass is 428 g/mol. The van der Waals surface area contributed by atoms with Crippen LogP contribution in [0.4, 0.5) is 0 Å². The molecule has 0 unspecified atom stereocenters. The highest BCUT2D eigenvalue weighted by Gasteiger charge is 2.29. The molecule has 0 aliphatic heterocycles. The van der Waals surface area contributed by atoms with Crippen molar-refractivity contribution in [3.63, 3.8) is 0 Å². The summed E-state index contributed by atoms with van der Waals surface area (Å²) in [5, 5.41) is 0. The van der Waals surface area contributed by atoms with E-state index in [-0.39, 0.29) is 4.90 Å². The number of halogens is 1. The molecule has 3 rings (SSSR count). The second kappa shape index (κ2) is 9.55. The van der Waals surface area contributed by atoms with Crippen LogP contribution < -0.4 is 9.56 Å². The fourth-order valence-corrected chi connectivity index (χ4v) is 4.72. The van der Waals surface area contributed by atoms with Crippen molar-refractivity contribution in [2.45, 2.75) is 36.7 Å². The molecule has 0 heterocycles. The summed E-state index contributed by atoms with van der Waals surface area (Å²) in [5.41, 5.74) is 2.79. The third-order valence-electron chi connectivity index (χ3n) is 4.91. The van der Waals surface area contributed by atoms with E-state index in [0.717, 1.165) is 16.7 Å². The predicted octanol–water partition coefficient (Wildman–Crippen LogP) is 5.31. The minimum absolute atomic E-state index is 0.226. The molecule has 0 amide bonds. The number of nitrogens with one attached hydrogen (secondary N) is 2. The third kappa shape index (κ3) is 5.25. The molecule has 2 N–H and O–H groups in total. The van der Waals surface area contributed by atoms with Crippen LogP contribution in [-0.2, 0) is 10.0 Å². The van der Waals surface area contributed by atoms with Gasteiger partial charge in [0.2, 0.25) is 10.0 Å².